The maximum atomic E-state index is 11.8. The topological polar surface area (TPSA) is 72.2 Å². The molecule has 0 aromatic carbocycles. The van der Waals surface area contributed by atoms with Crippen LogP contribution in [0.2, 0.25) is 0 Å². The molecule has 120 valence electrons. The first-order chi connectivity index (χ1) is 9.72. The Morgan fingerprint density at radius 1 is 1.38 bits per heavy atom. The van der Waals surface area contributed by atoms with Gasteiger partial charge in [-0.2, -0.15) is 5.10 Å². The molecule has 1 aliphatic rings. The molecular formula is C15H26N2O3S. The maximum Gasteiger partial charge on any atom is 0.155 e. The van der Waals surface area contributed by atoms with Gasteiger partial charge in [0.15, 0.2) is 9.84 Å². The lowest BCUT2D eigenvalue weighted by atomic mass is 9.96. The van der Waals surface area contributed by atoms with Gasteiger partial charge in [-0.3, -0.25) is 4.68 Å². The van der Waals surface area contributed by atoms with Crippen LogP contribution in [-0.2, 0) is 16.3 Å². The summed E-state index contributed by atoms with van der Waals surface area (Å²) in [6, 6.07) is 2.34. The third-order valence-electron chi connectivity index (χ3n) is 4.77. The van der Waals surface area contributed by atoms with Gasteiger partial charge in [0.25, 0.3) is 0 Å². The zero-order valence-corrected chi connectivity index (χ0v) is 13.9. The highest BCUT2D eigenvalue weighted by Gasteiger charge is 2.38. The summed E-state index contributed by atoms with van der Waals surface area (Å²) in [5.74, 6) is 0. The van der Waals surface area contributed by atoms with Crippen molar-refractivity contribution < 1.29 is 13.5 Å². The van der Waals surface area contributed by atoms with Gasteiger partial charge >= 0.3 is 0 Å². The van der Waals surface area contributed by atoms with Crippen LogP contribution in [0.1, 0.15) is 57.7 Å². The molecule has 0 aliphatic heterocycles. The highest BCUT2D eigenvalue weighted by Crippen LogP contribution is 2.28. The fraction of sp³-hybridized carbons (Fsp3) is 0.800. The Kier molecular flexibility index (Phi) is 4.78. The predicted octanol–water partition coefficient (Wildman–Crippen LogP) is 2.11. The van der Waals surface area contributed by atoms with Crippen LogP contribution in [0.5, 0.6) is 0 Å². The summed E-state index contributed by atoms with van der Waals surface area (Å²) < 4.78 is 24.3. The number of rotatable bonds is 5. The van der Waals surface area contributed by atoms with Crippen molar-refractivity contribution in [3.05, 3.63) is 18.0 Å². The summed E-state index contributed by atoms with van der Waals surface area (Å²) >= 11 is 0. The fourth-order valence-electron chi connectivity index (χ4n) is 2.73. The van der Waals surface area contributed by atoms with Gasteiger partial charge in [0.05, 0.1) is 22.6 Å². The highest BCUT2D eigenvalue weighted by atomic mass is 32.2. The standard InChI is InChI=1S/C15H26N2O3S/c1-15(2,21(3,19)20)14(18)11-12-9-10-17(16-12)13-7-5-4-6-8-13/h9-10,13-14,18H,4-8,11H2,1-3H3. The molecule has 1 saturated carbocycles. The number of aromatic nitrogens is 2. The quantitative estimate of drug-likeness (QED) is 0.903. The first-order valence-corrected chi connectivity index (χ1v) is 9.52. The minimum absolute atomic E-state index is 0.264. The van der Waals surface area contributed by atoms with Crippen molar-refractivity contribution in [3.8, 4) is 0 Å². The van der Waals surface area contributed by atoms with Crippen LogP contribution in [0.4, 0.5) is 0 Å². The van der Waals surface area contributed by atoms with Gasteiger partial charge in [0.1, 0.15) is 0 Å². The molecular weight excluding hydrogens is 288 g/mol. The van der Waals surface area contributed by atoms with Crippen molar-refractivity contribution in [1.82, 2.24) is 9.78 Å². The van der Waals surface area contributed by atoms with E-state index in [9.17, 15) is 13.5 Å². The summed E-state index contributed by atoms with van der Waals surface area (Å²) in [5, 5.41) is 14.8. The van der Waals surface area contributed by atoms with Crippen molar-refractivity contribution in [2.75, 3.05) is 6.26 Å². The smallest absolute Gasteiger partial charge is 0.155 e. The molecule has 1 unspecified atom stereocenters. The van der Waals surface area contributed by atoms with Gasteiger partial charge in [-0.05, 0) is 32.8 Å². The maximum absolute atomic E-state index is 11.8. The van der Waals surface area contributed by atoms with Gasteiger partial charge in [0, 0.05) is 18.9 Å². The van der Waals surface area contributed by atoms with Gasteiger partial charge in [-0.25, -0.2) is 8.42 Å². The first-order valence-electron chi connectivity index (χ1n) is 7.63. The second-order valence-corrected chi connectivity index (χ2v) is 9.27. The van der Waals surface area contributed by atoms with Gasteiger partial charge < -0.3 is 5.11 Å². The van der Waals surface area contributed by atoms with Crippen molar-refractivity contribution in [3.63, 3.8) is 0 Å². The first kappa shape index (κ1) is 16.5. The normalized spacial score (nSPS) is 19.6. The molecule has 0 saturated heterocycles. The van der Waals surface area contributed by atoms with E-state index in [2.05, 4.69) is 5.10 Å². The van der Waals surface area contributed by atoms with Crippen molar-refractivity contribution >= 4 is 9.84 Å². The number of hydrogen-bond donors (Lipinski definition) is 1. The fourth-order valence-corrected chi connectivity index (χ4v) is 3.30. The highest BCUT2D eigenvalue weighted by molar-refractivity contribution is 7.92. The van der Waals surface area contributed by atoms with E-state index < -0.39 is 20.7 Å². The molecule has 1 atom stereocenters. The lowest BCUT2D eigenvalue weighted by Crippen LogP contribution is -2.44. The Morgan fingerprint density at radius 2 is 2.00 bits per heavy atom. The van der Waals surface area contributed by atoms with Gasteiger partial charge in [0.2, 0.25) is 0 Å². The minimum atomic E-state index is -3.32. The monoisotopic (exact) mass is 314 g/mol. The molecule has 21 heavy (non-hydrogen) atoms. The molecule has 2 rings (SSSR count). The SMILES string of the molecule is CC(C)(C(O)Cc1ccn(C2CCCCC2)n1)S(C)(=O)=O. The molecule has 1 aromatic rings. The number of hydrogen-bond acceptors (Lipinski definition) is 4. The van der Waals surface area contributed by atoms with E-state index in [0.29, 0.717) is 6.04 Å². The number of sulfone groups is 1. The average Bonchev–Trinajstić information content (AvgIpc) is 2.87. The van der Waals surface area contributed by atoms with E-state index in [4.69, 9.17) is 0 Å². The second-order valence-electron chi connectivity index (χ2n) is 6.67. The van der Waals surface area contributed by atoms with Crippen LogP contribution in [0.3, 0.4) is 0 Å². The summed E-state index contributed by atoms with van der Waals surface area (Å²) in [5.41, 5.74) is 0.754. The van der Waals surface area contributed by atoms with Crippen LogP contribution in [0, 0.1) is 0 Å². The summed E-state index contributed by atoms with van der Waals surface area (Å²) in [6.45, 7) is 3.12. The van der Waals surface area contributed by atoms with E-state index in [1.165, 1.54) is 19.3 Å². The summed E-state index contributed by atoms with van der Waals surface area (Å²) in [6.07, 6.45) is 8.50. The third kappa shape index (κ3) is 3.66. The van der Waals surface area contributed by atoms with Crippen LogP contribution >= 0.6 is 0 Å². The minimum Gasteiger partial charge on any atom is -0.391 e. The Balaban J connectivity index is 2.05. The van der Waals surface area contributed by atoms with E-state index in [1.807, 2.05) is 16.9 Å². The van der Waals surface area contributed by atoms with Gasteiger partial charge in [-0.1, -0.05) is 19.3 Å². The van der Waals surface area contributed by atoms with E-state index in [-0.39, 0.29) is 6.42 Å². The Bertz CT molecular complexity index is 571. The lowest BCUT2D eigenvalue weighted by Gasteiger charge is -2.28. The number of aliphatic hydroxyl groups excluding tert-OH is 1. The van der Waals surface area contributed by atoms with Crippen LogP contribution in [-0.4, -0.2) is 40.4 Å². The zero-order valence-electron chi connectivity index (χ0n) is 13.1. The van der Waals surface area contributed by atoms with Crippen molar-refractivity contribution in [1.29, 1.82) is 0 Å². The van der Waals surface area contributed by atoms with Crippen LogP contribution in [0.15, 0.2) is 12.3 Å². The molecule has 1 aromatic heterocycles. The van der Waals surface area contributed by atoms with E-state index in [0.717, 1.165) is 24.8 Å². The molecule has 0 amide bonds. The predicted molar refractivity (Wildman–Crippen MR) is 83.0 cm³/mol. The van der Waals surface area contributed by atoms with Crippen LogP contribution < -0.4 is 0 Å². The van der Waals surface area contributed by atoms with Crippen molar-refractivity contribution in [2.45, 2.75) is 69.3 Å². The molecule has 1 N–H and O–H groups in total. The number of aliphatic hydroxyl groups is 1. The molecule has 0 bridgehead atoms. The zero-order chi connectivity index (χ0) is 15.7. The average molecular weight is 314 g/mol. The lowest BCUT2D eigenvalue weighted by molar-refractivity contribution is 0.136. The largest absolute Gasteiger partial charge is 0.391 e. The Labute approximate surface area is 127 Å². The van der Waals surface area contributed by atoms with E-state index in [1.54, 1.807) is 13.8 Å². The molecule has 6 heteroatoms. The molecule has 0 spiro atoms. The molecule has 5 nitrogen and oxygen atoms in total. The number of nitrogens with zero attached hydrogens (tertiary/aromatic N) is 2. The Hall–Kier alpha value is -0.880. The van der Waals surface area contributed by atoms with Crippen molar-refractivity contribution in [2.24, 2.45) is 0 Å². The van der Waals surface area contributed by atoms with Crippen LogP contribution in [0.25, 0.3) is 0 Å². The molecule has 0 radical (unpaired) electrons. The molecule has 1 aliphatic carbocycles. The second kappa shape index (κ2) is 6.08. The van der Waals surface area contributed by atoms with E-state index >= 15 is 0 Å². The Morgan fingerprint density at radius 3 is 2.57 bits per heavy atom. The molecule has 1 fully saturated rings. The van der Waals surface area contributed by atoms with Gasteiger partial charge in [-0.15, -0.1) is 0 Å². The summed E-state index contributed by atoms with van der Waals surface area (Å²) in [7, 11) is -3.32. The summed E-state index contributed by atoms with van der Waals surface area (Å²) in [4.78, 5) is 0. The third-order valence-corrected chi connectivity index (χ3v) is 6.96. The molecule has 1 heterocycles.